The van der Waals surface area contributed by atoms with Crippen molar-refractivity contribution in [2.45, 2.75) is 45.1 Å². The molecule has 0 bridgehead atoms. The Hall–Kier alpha value is -0.350. The third kappa shape index (κ3) is 4.32. The van der Waals surface area contributed by atoms with Gasteiger partial charge in [-0.15, -0.1) is 0 Å². The zero-order chi connectivity index (χ0) is 13.8. The summed E-state index contributed by atoms with van der Waals surface area (Å²) in [4.78, 5) is 12.3. The minimum absolute atomic E-state index is 0.0285. The van der Waals surface area contributed by atoms with Crippen molar-refractivity contribution >= 4 is 37.8 Å². The van der Waals surface area contributed by atoms with Crippen molar-refractivity contribution in [3.8, 4) is 0 Å². The van der Waals surface area contributed by atoms with Crippen LogP contribution in [0.15, 0.2) is 27.1 Å². The molecule has 0 radical (unpaired) electrons. The highest BCUT2D eigenvalue weighted by Gasteiger charge is 2.22. The number of carbonyl (C=O) groups excluding carboxylic acids is 1. The Morgan fingerprint density at radius 2 is 1.74 bits per heavy atom. The first-order valence-corrected chi connectivity index (χ1v) is 8.42. The summed E-state index contributed by atoms with van der Waals surface area (Å²) >= 11 is 6.84. The predicted octanol–water partition coefficient (Wildman–Crippen LogP) is 4.91. The molecule has 1 aromatic rings. The van der Waals surface area contributed by atoms with E-state index >= 15 is 0 Å². The Labute approximate surface area is 131 Å². The number of hydrogen-bond acceptors (Lipinski definition) is 1. The third-order valence-corrected chi connectivity index (χ3v) is 4.72. The van der Waals surface area contributed by atoms with Gasteiger partial charge in [-0.1, -0.05) is 58.0 Å². The lowest BCUT2D eigenvalue weighted by molar-refractivity contribution is 0.0921. The quantitative estimate of drug-likeness (QED) is 0.716. The molecular formula is C15H19Br2NO. The fraction of sp³-hybridized carbons (Fsp3) is 0.533. The smallest absolute Gasteiger partial charge is 0.251 e. The maximum Gasteiger partial charge on any atom is 0.251 e. The molecule has 2 unspecified atom stereocenters. The first kappa shape index (κ1) is 15.0. The van der Waals surface area contributed by atoms with Crippen molar-refractivity contribution < 1.29 is 4.79 Å². The Kier molecular flexibility index (Phi) is 5.46. The number of hydrogen-bond donors (Lipinski definition) is 1. The van der Waals surface area contributed by atoms with Gasteiger partial charge in [-0.2, -0.15) is 0 Å². The van der Waals surface area contributed by atoms with Crippen LogP contribution in [0.1, 0.15) is 49.4 Å². The summed E-state index contributed by atoms with van der Waals surface area (Å²) in [5, 5.41) is 3.20. The molecule has 1 amide bonds. The van der Waals surface area contributed by atoms with Crippen LogP contribution in [0.25, 0.3) is 0 Å². The number of halogens is 2. The van der Waals surface area contributed by atoms with E-state index in [-0.39, 0.29) is 5.91 Å². The minimum Gasteiger partial charge on any atom is -0.349 e. The van der Waals surface area contributed by atoms with E-state index in [1.165, 1.54) is 25.7 Å². The SMILES string of the molecule is CC1CCCCCC1NC(=O)c1cc(Br)cc(Br)c1. The molecule has 2 rings (SSSR count). The molecule has 0 heterocycles. The largest absolute Gasteiger partial charge is 0.349 e. The number of carbonyl (C=O) groups is 1. The van der Waals surface area contributed by atoms with Gasteiger partial charge in [0.1, 0.15) is 0 Å². The van der Waals surface area contributed by atoms with Crippen LogP contribution < -0.4 is 5.32 Å². The van der Waals surface area contributed by atoms with Crippen molar-refractivity contribution in [2.75, 3.05) is 0 Å². The lowest BCUT2D eigenvalue weighted by Crippen LogP contribution is -2.38. The van der Waals surface area contributed by atoms with Gasteiger partial charge >= 0.3 is 0 Å². The van der Waals surface area contributed by atoms with Crippen molar-refractivity contribution in [1.82, 2.24) is 5.32 Å². The van der Waals surface area contributed by atoms with Crippen molar-refractivity contribution in [1.29, 1.82) is 0 Å². The van der Waals surface area contributed by atoms with Gasteiger partial charge in [-0.3, -0.25) is 4.79 Å². The van der Waals surface area contributed by atoms with Crippen molar-refractivity contribution in [3.05, 3.63) is 32.7 Å². The Bertz CT molecular complexity index is 441. The van der Waals surface area contributed by atoms with Crippen molar-refractivity contribution in [2.24, 2.45) is 5.92 Å². The predicted molar refractivity (Wildman–Crippen MR) is 85.3 cm³/mol. The van der Waals surface area contributed by atoms with Gasteiger partial charge in [-0.25, -0.2) is 0 Å². The number of rotatable bonds is 2. The van der Waals surface area contributed by atoms with Crippen LogP contribution >= 0.6 is 31.9 Å². The summed E-state index contributed by atoms with van der Waals surface area (Å²) in [7, 11) is 0. The monoisotopic (exact) mass is 387 g/mol. The van der Waals surface area contributed by atoms with Gasteiger partial charge in [0.15, 0.2) is 0 Å². The standard InChI is InChI=1S/C15H19Br2NO/c1-10-5-3-2-4-6-14(10)18-15(19)11-7-12(16)9-13(17)8-11/h7-10,14H,2-6H2,1H3,(H,18,19). The molecule has 1 N–H and O–H groups in total. The minimum atomic E-state index is 0.0285. The summed E-state index contributed by atoms with van der Waals surface area (Å²) < 4.78 is 1.84. The van der Waals surface area contributed by atoms with E-state index in [1.54, 1.807) is 0 Å². The van der Waals surface area contributed by atoms with Gasteiger partial charge in [0.2, 0.25) is 0 Å². The molecule has 1 aromatic carbocycles. The zero-order valence-electron chi connectivity index (χ0n) is 11.1. The summed E-state index contributed by atoms with van der Waals surface area (Å²) in [6.07, 6.45) is 6.11. The van der Waals surface area contributed by atoms with Crippen LogP contribution in [-0.4, -0.2) is 11.9 Å². The van der Waals surface area contributed by atoms with Gasteiger partial charge < -0.3 is 5.32 Å². The number of benzene rings is 1. The molecule has 2 atom stereocenters. The lowest BCUT2D eigenvalue weighted by atomic mass is 9.96. The second-order valence-corrected chi connectivity index (χ2v) is 7.18. The molecule has 0 saturated heterocycles. The second-order valence-electron chi connectivity index (χ2n) is 5.35. The van der Waals surface area contributed by atoms with Crippen LogP contribution in [0, 0.1) is 5.92 Å². The summed E-state index contributed by atoms with van der Waals surface area (Å²) in [6.45, 7) is 2.24. The van der Waals surface area contributed by atoms with E-state index in [2.05, 4.69) is 44.1 Å². The number of nitrogens with one attached hydrogen (secondary N) is 1. The second kappa shape index (κ2) is 6.89. The van der Waals surface area contributed by atoms with Gasteiger partial charge in [0, 0.05) is 20.6 Å². The molecule has 0 aliphatic heterocycles. The molecule has 104 valence electrons. The Balaban J connectivity index is 2.07. The van der Waals surface area contributed by atoms with Crippen LogP contribution in [-0.2, 0) is 0 Å². The van der Waals surface area contributed by atoms with Gasteiger partial charge in [0.25, 0.3) is 5.91 Å². The molecule has 1 aliphatic carbocycles. The Morgan fingerprint density at radius 3 is 2.42 bits per heavy atom. The summed E-state index contributed by atoms with van der Waals surface area (Å²) in [6, 6.07) is 5.97. The first-order chi connectivity index (χ1) is 9.06. The zero-order valence-corrected chi connectivity index (χ0v) is 14.3. The molecule has 4 heteroatoms. The Morgan fingerprint density at radius 1 is 1.11 bits per heavy atom. The van der Waals surface area contributed by atoms with E-state index in [0.717, 1.165) is 15.4 Å². The molecule has 0 aromatic heterocycles. The highest BCUT2D eigenvalue weighted by Crippen LogP contribution is 2.24. The molecule has 0 spiro atoms. The average Bonchev–Trinajstić information content (AvgIpc) is 2.54. The van der Waals surface area contributed by atoms with Gasteiger partial charge in [0.05, 0.1) is 0 Å². The normalized spacial score (nSPS) is 23.7. The molecular weight excluding hydrogens is 370 g/mol. The molecule has 1 fully saturated rings. The topological polar surface area (TPSA) is 29.1 Å². The van der Waals surface area contributed by atoms with Crippen molar-refractivity contribution in [3.63, 3.8) is 0 Å². The van der Waals surface area contributed by atoms with E-state index < -0.39 is 0 Å². The van der Waals surface area contributed by atoms with Crippen LogP contribution in [0.4, 0.5) is 0 Å². The molecule has 1 aliphatic rings. The fourth-order valence-corrected chi connectivity index (χ4v) is 3.94. The van der Waals surface area contributed by atoms with E-state index in [4.69, 9.17) is 0 Å². The lowest BCUT2D eigenvalue weighted by Gasteiger charge is -2.23. The average molecular weight is 389 g/mol. The van der Waals surface area contributed by atoms with Gasteiger partial charge in [-0.05, 0) is 37.0 Å². The van der Waals surface area contributed by atoms with Crippen LogP contribution in [0.5, 0.6) is 0 Å². The molecule has 2 nitrogen and oxygen atoms in total. The summed E-state index contributed by atoms with van der Waals surface area (Å²) in [5.41, 5.74) is 0.706. The maximum absolute atomic E-state index is 12.3. The van der Waals surface area contributed by atoms with E-state index in [0.29, 0.717) is 17.5 Å². The maximum atomic E-state index is 12.3. The summed E-state index contributed by atoms with van der Waals surface area (Å²) in [5.74, 6) is 0.600. The first-order valence-electron chi connectivity index (χ1n) is 6.83. The van der Waals surface area contributed by atoms with E-state index in [1.807, 2.05) is 18.2 Å². The fourth-order valence-electron chi connectivity index (χ4n) is 2.64. The molecule has 1 saturated carbocycles. The highest BCUT2D eigenvalue weighted by molar-refractivity contribution is 9.11. The van der Waals surface area contributed by atoms with Crippen LogP contribution in [0.2, 0.25) is 0 Å². The van der Waals surface area contributed by atoms with E-state index in [9.17, 15) is 4.79 Å². The van der Waals surface area contributed by atoms with Crippen LogP contribution in [0.3, 0.4) is 0 Å². The highest BCUT2D eigenvalue weighted by atomic mass is 79.9. The molecule has 19 heavy (non-hydrogen) atoms. The number of amides is 1. The third-order valence-electron chi connectivity index (χ3n) is 3.80.